The van der Waals surface area contributed by atoms with Crippen LogP contribution in [-0.2, 0) is 24.5 Å². The van der Waals surface area contributed by atoms with Gasteiger partial charge in [-0.05, 0) is 54.9 Å². The summed E-state index contributed by atoms with van der Waals surface area (Å²) in [4.78, 5) is 32.4. The average Bonchev–Trinajstić information content (AvgIpc) is 3.66. The third kappa shape index (κ3) is 5.43. The SMILES string of the molecule is C=C1CCC(N2Cc3c(OCc4ccc(CN5CCN(CC6CC6)CC5)cc4)cccc3C2=O)C(=O)N1. The number of nitrogens with zero attached hydrogens (tertiary/aromatic N) is 3. The van der Waals surface area contributed by atoms with Gasteiger partial charge in [0, 0.05) is 56.1 Å². The molecule has 1 aliphatic carbocycles. The summed E-state index contributed by atoms with van der Waals surface area (Å²) >= 11 is 0. The summed E-state index contributed by atoms with van der Waals surface area (Å²) in [6.45, 7) is 11.6. The van der Waals surface area contributed by atoms with E-state index in [0.29, 0.717) is 43.0 Å². The first-order valence-corrected chi connectivity index (χ1v) is 13.6. The molecule has 4 aliphatic rings. The third-order valence-corrected chi connectivity index (χ3v) is 8.15. The molecule has 0 aromatic heterocycles. The van der Waals surface area contributed by atoms with Crippen LogP contribution in [0.2, 0.25) is 0 Å². The molecule has 1 saturated carbocycles. The van der Waals surface area contributed by atoms with Crippen molar-refractivity contribution in [1.29, 1.82) is 0 Å². The Labute approximate surface area is 219 Å². The Balaban J connectivity index is 1.03. The highest BCUT2D eigenvalue weighted by Gasteiger charge is 2.39. The fraction of sp³-hybridized carbons (Fsp3) is 0.467. The first kappa shape index (κ1) is 24.2. The van der Waals surface area contributed by atoms with E-state index in [1.807, 2.05) is 18.2 Å². The molecule has 1 atom stereocenters. The third-order valence-electron chi connectivity index (χ3n) is 8.15. The van der Waals surface area contributed by atoms with Gasteiger partial charge in [-0.3, -0.25) is 14.5 Å². The number of amides is 2. The maximum Gasteiger partial charge on any atom is 0.255 e. The Morgan fingerprint density at radius 2 is 1.65 bits per heavy atom. The molecule has 7 nitrogen and oxygen atoms in total. The summed E-state index contributed by atoms with van der Waals surface area (Å²) in [5, 5.41) is 2.79. The number of fused-ring (bicyclic) bond motifs is 1. The predicted molar refractivity (Wildman–Crippen MR) is 142 cm³/mol. The van der Waals surface area contributed by atoms with Crippen LogP contribution in [0.5, 0.6) is 5.75 Å². The zero-order valence-electron chi connectivity index (χ0n) is 21.5. The van der Waals surface area contributed by atoms with Crippen molar-refractivity contribution in [3.8, 4) is 5.75 Å². The lowest BCUT2D eigenvalue weighted by atomic mass is 10.0. The average molecular weight is 501 g/mol. The van der Waals surface area contributed by atoms with Gasteiger partial charge in [0.25, 0.3) is 5.91 Å². The minimum absolute atomic E-state index is 0.106. The van der Waals surface area contributed by atoms with Gasteiger partial charge in [-0.1, -0.05) is 36.9 Å². The van der Waals surface area contributed by atoms with Gasteiger partial charge in [-0.15, -0.1) is 0 Å². The van der Waals surface area contributed by atoms with Crippen molar-refractivity contribution in [3.63, 3.8) is 0 Å². The summed E-state index contributed by atoms with van der Waals surface area (Å²) < 4.78 is 6.19. The molecule has 2 saturated heterocycles. The number of carbonyl (C=O) groups is 2. The Bertz CT molecular complexity index is 1180. The van der Waals surface area contributed by atoms with Crippen LogP contribution < -0.4 is 10.1 Å². The number of allylic oxidation sites excluding steroid dienone is 1. The number of benzene rings is 2. The summed E-state index contributed by atoms with van der Waals surface area (Å²) in [5.74, 6) is 1.42. The van der Waals surface area contributed by atoms with Crippen molar-refractivity contribution in [3.05, 3.63) is 77.0 Å². The van der Waals surface area contributed by atoms with Gasteiger partial charge in [0.05, 0.1) is 6.54 Å². The van der Waals surface area contributed by atoms with E-state index >= 15 is 0 Å². The van der Waals surface area contributed by atoms with Crippen molar-refractivity contribution in [2.45, 2.75) is 51.4 Å². The molecule has 0 spiro atoms. The number of rotatable bonds is 8. The molecule has 1 N–H and O–H groups in total. The number of hydrogen-bond acceptors (Lipinski definition) is 5. The van der Waals surface area contributed by atoms with Crippen molar-refractivity contribution < 1.29 is 14.3 Å². The Morgan fingerprint density at radius 3 is 2.38 bits per heavy atom. The zero-order valence-corrected chi connectivity index (χ0v) is 21.5. The fourth-order valence-corrected chi connectivity index (χ4v) is 5.73. The largest absolute Gasteiger partial charge is 0.489 e. The van der Waals surface area contributed by atoms with Crippen molar-refractivity contribution in [2.75, 3.05) is 32.7 Å². The molecular formula is C30H36N4O3. The van der Waals surface area contributed by atoms with Crippen LogP contribution >= 0.6 is 0 Å². The normalized spacial score (nSPS) is 22.8. The van der Waals surface area contributed by atoms with Crippen LogP contribution in [0.1, 0.15) is 52.7 Å². The van der Waals surface area contributed by atoms with E-state index < -0.39 is 6.04 Å². The van der Waals surface area contributed by atoms with E-state index in [0.717, 1.165) is 36.7 Å². The molecule has 3 aliphatic heterocycles. The van der Waals surface area contributed by atoms with E-state index in [1.165, 1.54) is 38.0 Å². The Hall–Kier alpha value is -3.16. The molecule has 1 unspecified atom stereocenters. The van der Waals surface area contributed by atoms with Crippen molar-refractivity contribution in [1.82, 2.24) is 20.0 Å². The highest BCUT2D eigenvalue weighted by atomic mass is 16.5. The van der Waals surface area contributed by atoms with E-state index in [-0.39, 0.29) is 11.8 Å². The van der Waals surface area contributed by atoms with Gasteiger partial charge < -0.3 is 19.9 Å². The monoisotopic (exact) mass is 500 g/mol. The lowest BCUT2D eigenvalue weighted by Crippen LogP contribution is -2.49. The molecule has 0 radical (unpaired) electrons. The number of piperidine rings is 1. The molecule has 2 aromatic rings. The molecule has 6 rings (SSSR count). The molecule has 3 heterocycles. The molecule has 37 heavy (non-hydrogen) atoms. The summed E-state index contributed by atoms with van der Waals surface area (Å²) in [6.07, 6.45) is 4.14. The van der Waals surface area contributed by atoms with Crippen LogP contribution in [0.3, 0.4) is 0 Å². The lowest BCUT2D eigenvalue weighted by molar-refractivity contribution is -0.126. The van der Waals surface area contributed by atoms with Crippen molar-refractivity contribution >= 4 is 11.8 Å². The first-order valence-electron chi connectivity index (χ1n) is 13.6. The maximum atomic E-state index is 13.1. The highest BCUT2D eigenvalue weighted by Crippen LogP contribution is 2.34. The second-order valence-electron chi connectivity index (χ2n) is 11.0. The van der Waals surface area contributed by atoms with Gasteiger partial charge in [-0.2, -0.15) is 0 Å². The first-order chi connectivity index (χ1) is 18.0. The molecule has 3 fully saturated rings. The smallest absolute Gasteiger partial charge is 0.255 e. The van der Waals surface area contributed by atoms with Crippen LogP contribution in [0.4, 0.5) is 0 Å². The van der Waals surface area contributed by atoms with Crippen LogP contribution in [0.15, 0.2) is 54.7 Å². The highest BCUT2D eigenvalue weighted by molar-refractivity contribution is 6.02. The number of hydrogen-bond donors (Lipinski definition) is 1. The number of ether oxygens (including phenoxy) is 1. The van der Waals surface area contributed by atoms with Gasteiger partial charge >= 0.3 is 0 Å². The zero-order chi connectivity index (χ0) is 25.4. The van der Waals surface area contributed by atoms with Gasteiger partial charge in [0.1, 0.15) is 18.4 Å². The van der Waals surface area contributed by atoms with Gasteiger partial charge in [0.15, 0.2) is 0 Å². The van der Waals surface area contributed by atoms with E-state index in [1.54, 1.807) is 4.90 Å². The lowest BCUT2D eigenvalue weighted by Gasteiger charge is -2.34. The standard InChI is InChI=1S/C30H36N4O3/c1-21-5-12-27(29(35)31-21)34-19-26-25(30(34)36)3-2-4-28(26)37-20-24-10-8-23(9-11-24)18-33-15-13-32(14-16-33)17-22-6-7-22/h2-4,8-11,22,27H,1,5-7,12-20H2,(H,31,35). The second-order valence-corrected chi connectivity index (χ2v) is 11.0. The quantitative estimate of drug-likeness (QED) is 0.601. The minimum atomic E-state index is -0.466. The fourth-order valence-electron chi connectivity index (χ4n) is 5.73. The van der Waals surface area contributed by atoms with Gasteiger partial charge in [-0.25, -0.2) is 0 Å². The van der Waals surface area contributed by atoms with E-state index in [2.05, 4.69) is 46.0 Å². The van der Waals surface area contributed by atoms with E-state index in [9.17, 15) is 9.59 Å². The second kappa shape index (κ2) is 10.3. The van der Waals surface area contributed by atoms with Crippen LogP contribution in [0, 0.1) is 5.92 Å². The van der Waals surface area contributed by atoms with Crippen LogP contribution in [0.25, 0.3) is 0 Å². The minimum Gasteiger partial charge on any atom is -0.489 e. The maximum absolute atomic E-state index is 13.1. The van der Waals surface area contributed by atoms with Crippen LogP contribution in [-0.4, -0.2) is 65.3 Å². The Kier molecular flexibility index (Phi) is 6.74. The van der Waals surface area contributed by atoms with E-state index in [4.69, 9.17) is 4.74 Å². The summed E-state index contributed by atoms with van der Waals surface area (Å²) in [6, 6.07) is 13.8. The molecule has 2 aromatic carbocycles. The molecule has 0 bridgehead atoms. The number of nitrogens with one attached hydrogen (secondary N) is 1. The molecule has 2 amide bonds. The number of piperazine rings is 1. The number of carbonyl (C=O) groups excluding carboxylic acids is 2. The van der Waals surface area contributed by atoms with Crippen molar-refractivity contribution in [2.24, 2.45) is 5.92 Å². The molecule has 194 valence electrons. The molecule has 7 heteroatoms. The van der Waals surface area contributed by atoms with Gasteiger partial charge in [0.2, 0.25) is 5.91 Å². The Morgan fingerprint density at radius 1 is 0.919 bits per heavy atom. The topological polar surface area (TPSA) is 65.1 Å². The summed E-state index contributed by atoms with van der Waals surface area (Å²) in [7, 11) is 0. The summed E-state index contributed by atoms with van der Waals surface area (Å²) in [5.41, 5.74) is 4.63. The molecular weight excluding hydrogens is 464 g/mol. The predicted octanol–water partition coefficient (Wildman–Crippen LogP) is 3.54.